The zero-order valence-electron chi connectivity index (χ0n) is 5.73. The van der Waals surface area contributed by atoms with Crippen LogP contribution in [0, 0.1) is 11.3 Å². The van der Waals surface area contributed by atoms with Gasteiger partial charge < -0.3 is 5.32 Å². The lowest BCUT2D eigenvalue weighted by molar-refractivity contribution is 0.979. The van der Waals surface area contributed by atoms with E-state index in [1.54, 1.807) is 7.05 Å². The fourth-order valence-corrected chi connectivity index (χ4v) is 0.417. The average molecular weight is 122 g/mol. The first-order valence-corrected chi connectivity index (χ1v) is 2.67. The maximum absolute atomic E-state index is 8.41. The van der Waals surface area contributed by atoms with E-state index in [0.717, 1.165) is 5.70 Å². The Hall–Kier alpha value is -1.23. The van der Waals surface area contributed by atoms with E-state index < -0.39 is 0 Å². The fraction of sp³-hybridized carbons (Fsp3) is 0.286. The SMILES string of the molecule is C=C/C(C#N)=C(\C)NC. The highest BCUT2D eigenvalue weighted by molar-refractivity contribution is 5.34. The highest BCUT2D eigenvalue weighted by atomic mass is 14.8. The molecular weight excluding hydrogens is 112 g/mol. The minimum absolute atomic E-state index is 0.595. The molecule has 0 aliphatic heterocycles. The summed E-state index contributed by atoms with van der Waals surface area (Å²) in [5.41, 5.74) is 1.45. The summed E-state index contributed by atoms with van der Waals surface area (Å²) in [6.07, 6.45) is 1.53. The third-order valence-corrected chi connectivity index (χ3v) is 1.10. The molecule has 1 N–H and O–H groups in total. The molecule has 0 aromatic rings. The molecule has 9 heavy (non-hydrogen) atoms. The molecule has 0 aliphatic carbocycles. The Balaban J connectivity index is 4.43. The average Bonchev–Trinajstić information content (AvgIpc) is 1.90. The third-order valence-electron chi connectivity index (χ3n) is 1.10. The molecule has 0 spiro atoms. The van der Waals surface area contributed by atoms with Gasteiger partial charge in [-0.1, -0.05) is 6.58 Å². The number of nitriles is 1. The van der Waals surface area contributed by atoms with Crippen LogP contribution in [0.15, 0.2) is 23.9 Å². The molecule has 0 atom stereocenters. The summed E-state index contributed by atoms with van der Waals surface area (Å²) in [6.45, 7) is 5.31. The molecular formula is C7H10N2. The summed E-state index contributed by atoms with van der Waals surface area (Å²) >= 11 is 0. The van der Waals surface area contributed by atoms with Gasteiger partial charge in [0.25, 0.3) is 0 Å². The minimum Gasteiger partial charge on any atom is -0.391 e. The van der Waals surface area contributed by atoms with Gasteiger partial charge in [-0.25, -0.2) is 0 Å². The Labute approximate surface area is 55.5 Å². The van der Waals surface area contributed by atoms with Crippen molar-refractivity contribution in [2.45, 2.75) is 6.92 Å². The van der Waals surface area contributed by atoms with E-state index in [0.29, 0.717) is 5.57 Å². The second kappa shape index (κ2) is 3.73. The predicted octanol–water partition coefficient (Wildman–Crippen LogP) is 1.19. The summed E-state index contributed by atoms with van der Waals surface area (Å²) in [5.74, 6) is 0. The number of nitrogens with one attached hydrogen (secondary N) is 1. The smallest absolute Gasteiger partial charge is 0.101 e. The summed E-state index contributed by atoms with van der Waals surface area (Å²) in [7, 11) is 1.77. The molecule has 0 aliphatic rings. The summed E-state index contributed by atoms with van der Waals surface area (Å²) in [6, 6.07) is 2.00. The molecule has 0 aromatic heterocycles. The zero-order valence-corrected chi connectivity index (χ0v) is 5.73. The third kappa shape index (κ3) is 2.00. The van der Waals surface area contributed by atoms with E-state index in [9.17, 15) is 0 Å². The second-order valence-corrected chi connectivity index (χ2v) is 1.60. The largest absolute Gasteiger partial charge is 0.391 e. The summed E-state index contributed by atoms with van der Waals surface area (Å²) in [4.78, 5) is 0. The molecule has 2 heteroatoms. The van der Waals surface area contributed by atoms with Crippen molar-refractivity contribution in [1.29, 1.82) is 5.26 Å². The maximum Gasteiger partial charge on any atom is 0.101 e. The van der Waals surface area contributed by atoms with E-state index in [2.05, 4.69) is 11.9 Å². The van der Waals surface area contributed by atoms with Crippen molar-refractivity contribution in [3.8, 4) is 6.07 Å². The molecule has 0 radical (unpaired) electrons. The molecule has 0 rings (SSSR count). The first kappa shape index (κ1) is 7.77. The molecule has 0 fully saturated rings. The molecule has 0 unspecified atom stereocenters. The molecule has 0 amide bonds. The summed E-state index contributed by atoms with van der Waals surface area (Å²) in [5, 5.41) is 11.3. The van der Waals surface area contributed by atoms with Crippen LogP contribution >= 0.6 is 0 Å². The number of allylic oxidation sites excluding steroid dienone is 3. The van der Waals surface area contributed by atoms with Gasteiger partial charge in [0, 0.05) is 12.7 Å². The number of hydrogen-bond acceptors (Lipinski definition) is 2. The van der Waals surface area contributed by atoms with Crippen molar-refractivity contribution in [3.05, 3.63) is 23.9 Å². The number of rotatable bonds is 2. The lowest BCUT2D eigenvalue weighted by atomic mass is 10.2. The molecule has 2 nitrogen and oxygen atoms in total. The Morgan fingerprint density at radius 1 is 1.78 bits per heavy atom. The molecule has 0 heterocycles. The van der Waals surface area contributed by atoms with Crippen LogP contribution in [0.4, 0.5) is 0 Å². The number of nitrogens with zero attached hydrogens (tertiary/aromatic N) is 1. The topological polar surface area (TPSA) is 35.8 Å². The van der Waals surface area contributed by atoms with E-state index >= 15 is 0 Å². The predicted molar refractivity (Wildman–Crippen MR) is 37.6 cm³/mol. The minimum atomic E-state index is 0.595. The van der Waals surface area contributed by atoms with Crippen molar-refractivity contribution in [1.82, 2.24) is 5.32 Å². The molecule has 0 saturated heterocycles. The molecule has 0 saturated carbocycles. The standard InChI is InChI=1S/C7H10N2/c1-4-7(5-8)6(2)9-3/h4,9H,1H2,2-3H3/b7-6-. The van der Waals surface area contributed by atoms with Crippen molar-refractivity contribution in [3.63, 3.8) is 0 Å². The van der Waals surface area contributed by atoms with Crippen LogP contribution in [0.25, 0.3) is 0 Å². The Morgan fingerprint density at radius 3 is 2.44 bits per heavy atom. The maximum atomic E-state index is 8.41. The van der Waals surface area contributed by atoms with E-state index in [1.165, 1.54) is 6.08 Å². The van der Waals surface area contributed by atoms with Crippen LogP contribution in [0.1, 0.15) is 6.92 Å². The first-order valence-electron chi connectivity index (χ1n) is 2.67. The lowest BCUT2D eigenvalue weighted by Gasteiger charge is -1.97. The fourth-order valence-electron chi connectivity index (χ4n) is 0.417. The normalized spacial score (nSPS) is 11.2. The molecule has 0 aromatic carbocycles. The lowest BCUT2D eigenvalue weighted by Crippen LogP contribution is -2.03. The van der Waals surface area contributed by atoms with E-state index in [4.69, 9.17) is 5.26 Å². The van der Waals surface area contributed by atoms with Gasteiger partial charge in [0.1, 0.15) is 6.07 Å². The monoisotopic (exact) mass is 122 g/mol. The van der Waals surface area contributed by atoms with Crippen molar-refractivity contribution >= 4 is 0 Å². The van der Waals surface area contributed by atoms with Gasteiger partial charge in [-0.05, 0) is 13.0 Å². The van der Waals surface area contributed by atoms with E-state index in [1.807, 2.05) is 13.0 Å². The van der Waals surface area contributed by atoms with Crippen LogP contribution in [0.2, 0.25) is 0 Å². The summed E-state index contributed by atoms with van der Waals surface area (Å²) < 4.78 is 0. The molecule has 0 bridgehead atoms. The highest BCUT2D eigenvalue weighted by Gasteiger charge is 1.90. The van der Waals surface area contributed by atoms with Gasteiger partial charge in [-0.3, -0.25) is 0 Å². The van der Waals surface area contributed by atoms with Gasteiger partial charge in [0.15, 0.2) is 0 Å². The Morgan fingerprint density at radius 2 is 2.33 bits per heavy atom. The highest BCUT2D eigenvalue weighted by Crippen LogP contribution is 1.97. The van der Waals surface area contributed by atoms with Crippen LogP contribution in [-0.4, -0.2) is 7.05 Å². The van der Waals surface area contributed by atoms with Crippen molar-refractivity contribution in [2.75, 3.05) is 7.05 Å². The van der Waals surface area contributed by atoms with Crippen LogP contribution in [0.5, 0.6) is 0 Å². The van der Waals surface area contributed by atoms with Crippen LogP contribution in [-0.2, 0) is 0 Å². The first-order chi connectivity index (χ1) is 4.26. The van der Waals surface area contributed by atoms with Gasteiger partial charge in [-0.15, -0.1) is 0 Å². The van der Waals surface area contributed by atoms with Crippen molar-refractivity contribution < 1.29 is 0 Å². The van der Waals surface area contributed by atoms with E-state index in [-0.39, 0.29) is 0 Å². The van der Waals surface area contributed by atoms with Crippen LogP contribution < -0.4 is 5.32 Å². The van der Waals surface area contributed by atoms with Crippen LogP contribution in [0.3, 0.4) is 0 Å². The Kier molecular flexibility index (Phi) is 3.22. The number of hydrogen-bond donors (Lipinski definition) is 1. The molecule has 48 valence electrons. The zero-order chi connectivity index (χ0) is 7.28. The van der Waals surface area contributed by atoms with Gasteiger partial charge >= 0.3 is 0 Å². The van der Waals surface area contributed by atoms with Gasteiger partial charge in [0.2, 0.25) is 0 Å². The quantitative estimate of drug-likeness (QED) is 0.441. The second-order valence-electron chi connectivity index (χ2n) is 1.60. The van der Waals surface area contributed by atoms with Gasteiger partial charge in [-0.2, -0.15) is 5.26 Å². The van der Waals surface area contributed by atoms with Gasteiger partial charge in [0.05, 0.1) is 5.57 Å². The van der Waals surface area contributed by atoms with Crippen molar-refractivity contribution in [2.24, 2.45) is 0 Å². The Bertz CT molecular complexity index is 172.